The number of hydrogen-bond donors (Lipinski definition) is 2. The smallest absolute Gasteiger partial charge is 0.274 e. The molecule has 0 bridgehead atoms. The summed E-state index contributed by atoms with van der Waals surface area (Å²) in [6, 6.07) is 6.71. The number of hydrogen-bond acceptors (Lipinski definition) is 4. The standard InChI is InChI=1S/C14H22N4O3.HI/c1-4-15-14(17-11(2)10-21-3)16-9-12-7-5-6-8-13(12)18(19)20;/h5-8,11H,4,9-10H2,1-3H3,(H2,15,16,17);1H. The predicted octanol–water partition coefficient (Wildman–Crippen LogP) is 2.30. The highest BCUT2D eigenvalue weighted by atomic mass is 127. The van der Waals surface area contributed by atoms with Crippen molar-refractivity contribution in [2.45, 2.75) is 26.4 Å². The van der Waals surface area contributed by atoms with Crippen LogP contribution in [0.25, 0.3) is 0 Å². The Labute approximate surface area is 147 Å². The lowest BCUT2D eigenvalue weighted by Crippen LogP contribution is -2.43. The van der Waals surface area contributed by atoms with Crippen molar-refractivity contribution < 1.29 is 9.66 Å². The Hall–Kier alpha value is -1.42. The first-order valence-corrected chi connectivity index (χ1v) is 6.84. The van der Waals surface area contributed by atoms with E-state index in [-0.39, 0.29) is 42.3 Å². The quantitative estimate of drug-likeness (QED) is 0.232. The molecule has 2 N–H and O–H groups in total. The second kappa shape index (κ2) is 11.2. The lowest BCUT2D eigenvalue weighted by Gasteiger charge is -2.16. The summed E-state index contributed by atoms with van der Waals surface area (Å²) in [6.45, 7) is 5.44. The molecule has 0 aliphatic rings. The van der Waals surface area contributed by atoms with Crippen molar-refractivity contribution in [3.05, 3.63) is 39.9 Å². The monoisotopic (exact) mass is 422 g/mol. The zero-order valence-corrected chi connectivity index (χ0v) is 15.4. The van der Waals surface area contributed by atoms with Crippen molar-refractivity contribution in [3.8, 4) is 0 Å². The minimum atomic E-state index is -0.390. The van der Waals surface area contributed by atoms with Crippen LogP contribution >= 0.6 is 24.0 Å². The van der Waals surface area contributed by atoms with Crippen molar-refractivity contribution >= 4 is 35.6 Å². The minimum absolute atomic E-state index is 0. The highest BCUT2D eigenvalue weighted by Crippen LogP contribution is 2.18. The molecule has 0 aliphatic carbocycles. The van der Waals surface area contributed by atoms with Crippen LogP contribution in [0.3, 0.4) is 0 Å². The van der Waals surface area contributed by atoms with E-state index < -0.39 is 4.92 Å². The first-order valence-electron chi connectivity index (χ1n) is 6.84. The van der Waals surface area contributed by atoms with Gasteiger partial charge >= 0.3 is 0 Å². The van der Waals surface area contributed by atoms with Crippen LogP contribution in [0.4, 0.5) is 5.69 Å². The molecule has 22 heavy (non-hydrogen) atoms. The Morgan fingerprint density at radius 3 is 2.73 bits per heavy atom. The van der Waals surface area contributed by atoms with Crippen LogP contribution in [0.5, 0.6) is 0 Å². The Balaban J connectivity index is 0.00000441. The van der Waals surface area contributed by atoms with Gasteiger partial charge in [-0.2, -0.15) is 0 Å². The number of aliphatic imine (C=N–C) groups is 1. The lowest BCUT2D eigenvalue weighted by molar-refractivity contribution is -0.385. The van der Waals surface area contributed by atoms with E-state index in [0.29, 0.717) is 24.7 Å². The maximum Gasteiger partial charge on any atom is 0.274 e. The van der Waals surface area contributed by atoms with Gasteiger partial charge in [0.1, 0.15) is 0 Å². The van der Waals surface area contributed by atoms with Crippen LogP contribution in [-0.4, -0.2) is 37.2 Å². The number of ether oxygens (including phenoxy) is 1. The van der Waals surface area contributed by atoms with Crippen LogP contribution in [0, 0.1) is 10.1 Å². The molecule has 1 aromatic rings. The number of guanidine groups is 1. The van der Waals surface area contributed by atoms with Crippen LogP contribution in [0.15, 0.2) is 29.3 Å². The molecular formula is C14H23IN4O3. The van der Waals surface area contributed by atoms with Gasteiger partial charge in [-0.15, -0.1) is 24.0 Å². The van der Waals surface area contributed by atoms with E-state index in [1.54, 1.807) is 25.3 Å². The number of rotatable bonds is 7. The average molecular weight is 422 g/mol. The summed E-state index contributed by atoms with van der Waals surface area (Å²) in [6.07, 6.45) is 0. The fraction of sp³-hybridized carbons (Fsp3) is 0.500. The topological polar surface area (TPSA) is 88.8 Å². The van der Waals surface area contributed by atoms with Crippen LogP contribution in [0.1, 0.15) is 19.4 Å². The van der Waals surface area contributed by atoms with E-state index in [4.69, 9.17) is 4.74 Å². The van der Waals surface area contributed by atoms with E-state index in [0.717, 1.165) is 0 Å². The summed E-state index contributed by atoms with van der Waals surface area (Å²) < 4.78 is 5.06. The summed E-state index contributed by atoms with van der Waals surface area (Å²) in [5.41, 5.74) is 0.668. The maximum atomic E-state index is 11.0. The predicted molar refractivity (Wildman–Crippen MR) is 97.8 cm³/mol. The van der Waals surface area contributed by atoms with E-state index in [9.17, 15) is 10.1 Å². The summed E-state index contributed by atoms with van der Waals surface area (Å²) in [5, 5.41) is 17.3. The molecule has 1 atom stereocenters. The summed E-state index contributed by atoms with van der Waals surface area (Å²) in [5.74, 6) is 0.611. The number of nitro groups is 1. The SMILES string of the molecule is CCNC(=NCc1ccccc1[N+](=O)[O-])NC(C)COC.I. The molecule has 0 saturated carbocycles. The summed E-state index contributed by atoms with van der Waals surface area (Å²) >= 11 is 0. The van der Waals surface area contributed by atoms with Gasteiger partial charge in [-0.25, -0.2) is 4.99 Å². The molecule has 124 valence electrons. The van der Waals surface area contributed by atoms with Crippen LogP contribution < -0.4 is 10.6 Å². The molecule has 8 heteroatoms. The zero-order chi connectivity index (χ0) is 15.7. The molecule has 1 rings (SSSR count). The number of halogens is 1. The van der Waals surface area contributed by atoms with Gasteiger partial charge in [0.2, 0.25) is 0 Å². The number of nitrogens with zero attached hydrogens (tertiary/aromatic N) is 2. The highest BCUT2D eigenvalue weighted by Gasteiger charge is 2.12. The van der Waals surface area contributed by atoms with Crippen molar-refractivity contribution in [3.63, 3.8) is 0 Å². The normalized spacial score (nSPS) is 12.2. The van der Waals surface area contributed by atoms with Crippen LogP contribution in [-0.2, 0) is 11.3 Å². The van der Waals surface area contributed by atoms with Gasteiger partial charge in [0.25, 0.3) is 5.69 Å². The van der Waals surface area contributed by atoms with E-state index >= 15 is 0 Å². The molecule has 0 aliphatic heterocycles. The Kier molecular flexibility index (Phi) is 10.5. The molecule has 0 radical (unpaired) electrons. The first-order chi connectivity index (χ1) is 10.1. The largest absolute Gasteiger partial charge is 0.383 e. The van der Waals surface area contributed by atoms with E-state index in [2.05, 4.69) is 15.6 Å². The number of methoxy groups -OCH3 is 1. The van der Waals surface area contributed by atoms with Gasteiger partial charge in [-0.1, -0.05) is 18.2 Å². The van der Waals surface area contributed by atoms with Crippen LogP contribution in [0.2, 0.25) is 0 Å². The maximum absolute atomic E-state index is 11.0. The van der Waals surface area contributed by atoms with Gasteiger partial charge in [0.15, 0.2) is 5.96 Å². The molecule has 0 amide bonds. The molecular weight excluding hydrogens is 399 g/mol. The van der Waals surface area contributed by atoms with Crippen molar-refractivity contribution in [1.29, 1.82) is 0 Å². The third-order valence-corrected chi connectivity index (χ3v) is 2.74. The summed E-state index contributed by atoms with van der Waals surface area (Å²) in [7, 11) is 1.63. The molecule has 1 aromatic carbocycles. The average Bonchev–Trinajstić information content (AvgIpc) is 2.45. The van der Waals surface area contributed by atoms with Gasteiger partial charge in [-0.05, 0) is 13.8 Å². The lowest BCUT2D eigenvalue weighted by atomic mass is 10.2. The number of nitrogens with one attached hydrogen (secondary N) is 2. The minimum Gasteiger partial charge on any atom is -0.383 e. The number of para-hydroxylation sites is 1. The molecule has 1 unspecified atom stereocenters. The van der Waals surface area contributed by atoms with Crippen molar-refractivity contribution in [1.82, 2.24) is 10.6 Å². The van der Waals surface area contributed by atoms with Gasteiger partial charge in [0, 0.05) is 25.8 Å². The van der Waals surface area contributed by atoms with Gasteiger partial charge in [-0.3, -0.25) is 10.1 Å². The van der Waals surface area contributed by atoms with Crippen molar-refractivity contribution in [2.75, 3.05) is 20.3 Å². The third-order valence-electron chi connectivity index (χ3n) is 2.74. The van der Waals surface area contributed by atoms with Gasteiger partial charge in [0.05, 0.1) is 23.6 Å². The number of benzene rings is 1. The molecule has 0 aromatic heterocycles. The fourth-order valence-corrected chi connectivity index (χ4v) is 1.83. The van der Waals surface area contributed by atoms with E-state index in [1.165, 1.54) is 6.07 Å². The molecule has 7 nitrogen and oxygen atoms in total. The van der Waals surface area contributed by atoms with E-state index in [1.807, 2.05) is 13.8 Å². The molecule has 0 saturated heterocycles. The van der Waals surface area contributed by atoms with Crippen molar-refractivity contribution in [2.24, 2.45) is 4.99 Å². The Bertz CT molecular complexity index is 497. The Morgan fingerprint density at radius 2 is 2.14 bits per heavy atom. The van der Waals surface area contributed by atoms with Gasteiger partial charge < -0.3 is 15.4 Å². The number of nitro benzene ring substituents is 1. The fourth-order valence-electron chi connectivity index (χ4n) is 1.83. The highest BCUT2D eigenvalue weighted by molar-refractivity contribution is 14.0. The third kappa shape index (κ3) is 7.03. The molecule has 0 spiro atoms. The Morgan fingerprint density at radius 1 is 1.45 bits per heavy atom. The summed E-state index contributed by atoms with van der Waals surface area (Å²) in [4.78, 5) is 15.0. The molecule has 0 heterocycles. The first kappa shape index (κ1) is 20.6. The molecule has 0 fully saturated rings. The second-order valence-corrected chi connectivity index (χ2v) is 4.58. The second-order valence-electron chi connectivity index (χ2n) is 4.58. The zero-order valence-electron chi connectivity index (χ0n) is 13.0.